The van der Waals surface area contributed by atoms with Gasteiger partial charge in [-0.05, 0) is 77.2 Å². The van der Waals surface area contributed by atoms with Crippen LogP contribution in [0.2, 0.25) is 0 Å². The van der Waals surface area contributed by atoms with E-state index in [4.69, 9.17) is 0 Å². The van der Waals surface area contributed by atoms with Crippen molar-refractivity contribution >= 4 is 23.5 Å². The smallest absolute Gasteiger partial charge is 0.318 e. The highest BCUT2D eigenvalue weighted by Crippen LogP contribution is 2.43. The summed E-state index contributed by atoms with van der Waals surface area (Å²) in [4.78, 5) is 48.4. The van der Waals surface area contributed by atoms with Crippen LogP contribution in [-0.2, 0) is 21.4 Å². The molecule has 0 aromatic heterocycles. The lowest BCUT2D eigenvalue weighted by molar-refractivity contribution is -0.134. The van der Waals surface area contributed by atoms with Gasteiger partial charge in [0.15, 0.2) is 0 Å². The quantitative estimate of drug-likeness (QED) is 0.577. The van der Waals surface area contributed by atoms with Crippen LogP contribution < -0.4 is 10.2 Å². The Bertz CT molecular complexity index is 1220. The van der Waals surface area contributed by atoms with Gasteiger partial charge in [0.2, 0.25) is 11.8 Å². The van der Waals surface area contributed by atoms with E-state index in [0.717, 1.165) is 36.1 Å². The number of benzene rings is 2. The number of amides is 4. The number of carbonyl (C=O) groups is 3. The Labute approximate surface area is 238 Å². The standard InChI is InChI=1S/C32H43N5O3/c1-32(2)26-12-8-9-13-28(26)37(30(32)39)24-16-19-35(20-17-24)29(38)27(15-14-23-10-6-5-7-11-23)33-31(40)36-21-18-25(22-36)34(3)4/h5-13,24-25,27H,14-22H2,1-4H3,(H,33,40). The molecule has 2 saturated heterocycles. The second kappa shape index (κ2) is 11.6. The number of nitrogens with zero attached hydrogens (tertiary/aromatic N) is 4. The maximum atomic E-state index is 13.8. The lowest BCUT2D eigenvalue weighted by atomic mass is 9.86. The molecule has 0 radical (unpaired) electrons. The molecule has 2 unspecified atom stereocenters. The van der Waals surface area contributed by atoms with E-state index in [1.165, 1.54) is 0 Å². The predicted octanol–water partition coefficient (Wildman–Crippen LogP) is 3.65. The first kappa shape index (κ1) is 28.1. The lowest BCUT2D eigenvalue weighted by Crippen LogP contribution is -2.55. The van der Waals surface area contributed by atoms with E-state index in [1.54, 1.807) is 0 Å². The van der Waals surface area contributed by atoms with Crippen LogP contribution in [0.4, 0.5) is 10.5 Å². The number of anilines is 1. The van der Waals surface area contributed by atoms with E-state index in [2.05, 4.69) is 22.3 Å². The van der Waals surface area contributed by atoms with E-state index < -0.39 is 11.5 Å². The molecule has 2 fully saturated rings. The number of hydrogen-bond acceptors (Lipinski definition) is 4. The topological polar surface area (TPSA) is 76.2 Å². The zero-order valence-electron chi connectivity index (χ0n) is 24.3. The summed E-state index contributed by atoms with van der Waals surface area (Å²) in [5.74, 6) is 0.104. The van der Waals surface area contributed by atoms with Gasteiger partial charge in [0.05, 0.1) is 5.41 Å². The minimum atomic E-state index is -0.587. The summed E-state index contributed by atoms with van der Waals surface area (Å²) in [6.07, 6.45) is 3.63. The highest BCUT2D eigenvalue weighted by Gasteiger charge is 2.47. The van der Waals surface area contributed by atoms with Crippen LogP contribution in [0.25, 0.3) is 0 Å². The molecule has 3 aliphatic heterocycles. The average Bonchev–Trinajstić information content (AvgIpc) is 3.54. The Morgan fingerprint density at radius 2 is 1.60 bits per heavy atom. The van der Waals surface area contributed by atoms with Crippen LogP contribution >= 0.6 is 0 Å². The second-order valence-corrected chi connectivity index (χ2v) is 12.3. The molecule has 2 atom stereocenters. The monoisotopic (exact) mass is 545 g/mol. The summed E-state index contributed by atoms with van der Waals surface area (Å²) < 4.78 is 0. The minimum Gasteiger partial charge on any atom is -0.341 e. The number of piperidine rings is 1. The summed E-state index contributed by atoms with van der Waals surface area (Å²) in [5.41, 5.74) is 2.67. The van der Waals surface area contributed by atoms with Crippen LogP contribution in [0.5, 0.6) is 0 Å². The first-order valence-corrected chi connectivity index (χ1v) is 14.6. The van der Waals surface area contributed by atoms with Gasteiger partial charge in [-0.25, -0.2) is 4.79 Å². The number of fused-ring (bicyclic) bond motifs is 1. The van der Waals surface area contributed by atoms with Crippen molar-refractivity contribution < 1.29 is 14.4 Å². The lowest BCUT2D eigenvalue weighted by Gasteiger charge is -2.39. The van der Waals surface area contributed by atoms with Gasteiger partial charge >= 0.3 is 6.03 Å². The molecule has 0 spiro atoms. The van der Waals surface area contributed by atoms with Crippen molar-refractivity contribution in [3.63, 3.8) is 0 Å². The molecule has 8 heteroatoms. The maximum absolute atomic E-state index is 13.8. The SMILES string of the molecule is CN(C)C1CCN(C(=O)NC(CCc2ccccc2)C(=O)N2CCC(N3C(=O)C(C)(C)c4ccccc43)CC2)C1. The number of urea groups is 1. The molecule has 2 aromatic rings. The van der Waals surface area contributed by atoms with Crippen LogP contribution in [0, 0.1) is 0 Å². The van der Waals surface area contributed by atoms with E-state index in [1.807, 2.05) is 85.1 Å². The van der Waals surface area contributed by atoms with Crippen LogP contribution in [0.3, 0.4) is 0 Å². The zero-order valence-corrected chi connectivity index (χ0v) is 24.3. The largest absolute Gasteiger partial charge is 0.341 e. The number of para-hydroxylation sites is 1. The Hall–Kier alpha value is -3.39. The van der Waals surface area contributed by atoms with Gasteiger partial charge in [-0.3, -0.25) is 9.59 Å². The fraction of sp³-hybridized carbons (Fsp3) is 0.531. The zero-order chi connectivity index (χ0) is 28.4. The average molecular weight is 546 g/mol. The van der Waals surface area contributed by atoms with Crippen LogP contribution in [0.1, 0.15) is 50.7 Å². The molecule has 3 aliphatic rings. The summed E-state index contributed by atoms with van der Waals surface area (Å²) in [6, 6.07) is 17.8. The number of likely N-dealkylation sites (N-methyl/N-ethyl adjacent to an activating group) is 1. The van der Waals surface area contributed by atoms with E-state index in [-0.39, 0.29) is 23.9 Å². The van der Waals surface area contributed by atoms with E-state index in [9.17, 15) is 14.4 Å². The van der Waals surface area contributed by atoms with Crippen molar-refractivity contribution in [3.8, 4) is 0 Å². The highest BCUT2D eigenvalue weighted by atomic mass is 16.2. The van der Waals surface area contributed by atoms with Crippen LogP contribution in [-0.4, -0.2) is 90.9 Å². The molecule has 1 N–H and O–H groups in total. The first-order valence-electron chi connectivity index (χ1n) is 14.6. The molecular formula is C32H43N5O3. The summed E-state index contributed by atoms with van der Waals surface area (Å²) in [5, 5.41) is 3.10. The third kappa shape index (κ3) is 5.59. The maximum Gasteiger partial charge on any atom is 0.318 e. The fourth-order valence-corrected chi connectivity index (χ4v) is 6.47. The Kier molecular flexibility index (Phi) is 8.17. The number of nitrogens with one attached hydrogen (secondary N) is 1. The number of likely N-dealkylation sites (tertiary alicyclic amines) is 2. The molecule has 0 bridgehead atoms. The van der Waals surface area contributed by atoms with Crippen molar-refractivity contribution in [1.82, 2.24) is 20.0 Å². The molecule has 3 heterocycles. The molecule has 0 aliphatic carbocycles. The summed E-state index contributed by atoms with van der Waals surface area (Å²) >= 11 is 0. The van der Waals surface area contributed by atoms with Crippen molar-refractivity contribution in [1.29, 1.82) is 0 Å². The second-order valence-electron chi connectivity index (χ2n) is 12.3. The summed E-state index contributed by atoms with van der Waals surface area (Å²) in [7, 11) is 4.08. The van der Waals surface area contributed by atoms with E-state index in [0.29, 0.717) is 45.1 Å². The predicted molar refractivity (Wildman–Crippen MR) is 157 cm³/mol. The molecule has 40 heavy (non-hydrogen) atoms. The Morgan fingerprint density at radius 3 is 2.27 bits per heavy atom. The van der Waals surface area contributed by atoms with Gasteiger partial charge in [0.1, 0.15) is 6.04 Å². The molecule has 214 valence electrons. The third-order valence-corrected chi connectivity index (χ3v) is 9.07. The minimum absolute atomic E-state index is 0.0282. The first-order chi connectivity index (χ1) is 19.2. The van der Waals surface area contributed by atoms with Gasteiger partial charge in [0, 0.05) is 44.0 Å². The normalized spacial score (nSPS) is 21.6. The van der Waals surface area contributed by atoms with Crippen molar-refractivity contribution in [2.75, 3.05) is 45.2 Å². The number of carbonyl (C=O) groups excluding carboxylic acids is 3. The van der Waals surface area contributed by atoms with Gasteiger partial charge in [-0.1, -0.05) is 48.5 Å². The molecule has 8 nitrogen and oxygen atoms in total. The van der Waals surface area contributed by atoms with Gasteiger partial charge in [0.25, 0.3) is 0 Å². The van der Waals surface area contributed by atoms with Gasteiger partial charge in [-0.15, -0.1) is 0 Å². The summed E-state index contributed by atoms with van der Waals surface area (Å²) in [6.45, 7) is 6.49. The van der Waals surface area contributed by atoms with Crippen molar-refractivity contribution in [3.05, 3.63) is 65.7 Å². The van der Waals surface area contributed by atoms with Crippen LogP contribution in [0.15, 0.2) is 54.6 Å². The van der Waals surface area contributed by atoms with Crippen molar-refractivity contribution in [2.24, 2.45) is 0 Å². The van der Waals surface area contributed by atoms with Crippen molar-refractivity contribution in [2.45, 2.75) is 69.5 Å². The van der Waals surface area contributed by atoms with Gasteiger partial charge < -0.3 is 24.9 Å². The van der Waals surface area contributed by atoms with Gasteiger partial charge in [-0.2, -0.15) is 0 Å². The number of hydrogen-bond donors (Lipinski definition) is 1. The molecule has 5 rings (SSSR count). The molecule has 2 aromatic carbocycles. The molecule has 4 amide bonds. The number of rotatable bonds is 7. The third-order valence-electron chi connectivity index (χ3n) is 9.07. The molecular weight excluding hydrogens is 502 g/mol. The highest BCUT2D eigenvalue weighted by molar-refractivity contribution is 6.08. The number of aryl methyl sites for hydroxylation is 1. The van der Waals surface area contributed by atoms with E-state index >= 15 is 0 Å². The fourth-order valence-electron chi connectivity index (χ4n) is 6.47. The molecule has 0 saturated carbocycles. The Balaban J connectivity index is 1.25. The Morgan fingerprint density at radius 1 is 0.950 bits per heavy atom.